The van der Waals surface area contributed by atoms with Crippen molar-refractivity contribution in [2.75, 3.05) is 0 Å². The molecule has 0 bridgehead atoms. The molecule has 0 saturated heterocycles. The minimum atomic E-state index is -0.657. The Morgan fingerprint density at radius 1 is 1.07 bits per heavy atom. The number of benzene rings is 3. The average molecular weight is 387 g/mol. The molecule has 0 aliphatic carbocycles. The monoisotopic (exact) mass is 387 g/mol. The summed E-state index contributed by atoms with van der Waals surface area (Å²) < 4.78 is 11.0. The van der Waals surface area contributed by atoms with Crippen LogP contribution in [0.2, 0.25) is 0 Å². The van der Waals surface area contributed by atoms with Gasteiger partial charge in [-0.1, -0.05) is 59.3 Å². The molecule has 4 aromatic rings. The van der Waals surface area contributed by atoms with E-state index in [0.29, 0.717) is 17.5 Å². The Morgan fingerprint density at radius 3 is 2.72 bits per heavy atom. The van der Waals surface area contributed by atoms with Gasteiger partial charge in [0.25, 0.3) is 5.91 Å². The highest BCUT2D eigenvalue weighted by atomic mass is 16.5. The van der Waals surface area contributed by atoms with Gasteiger partial charge in [0.15, 0.2) is 6.10 Å². The second-order valence-electron chi connectivity index (χ2n) is 6.87. The summed E-state index contributed by atoms with van der Waals surface area (Å²) in [5.41, 5.74) is 1.99. The molecule has 0 aliphatic heterocycles. The van der Waals surface area contributed by atoms with Gasteiger partial charge in [-0.15, -0.1) is 0 Å². The Morgan fingerprint density at radius 2 is 1.90 bits per heavy atom. The van der Waals surface area contributed by atoms with Crippen molar-refractivity contribution >= 4 is 16.7 Å². The van der Waals surface area contributed by atoms with Crippen molar-refractivity contribution in [2.45, 2.75) is 26.5 Å². The van der Waals surface area contributed by atoms with Gasteiger partial charge in [-0.3, -0.25) is 4.79 Å². The lowest BCUT2D eigenvalue weighted by Crippen LogP contribution is -2.35. The fourth-order valence-electron chi connectivity index (χ4n) is 3.03. The number of rotatable bonds is 6. The molecule has 0 aliphatic rings. The molecule has 0 saturated carbocycles. The van der Waals surface area contributed by atoms with E-state index in [2.05, 4.69) is 15.5 Å². The highest BCUT2D eigenvalue weighted by Crippen LogP contribution is 2.21. The molecule has 1 atom stereocenters. The minimum Gasteiger partial charge on any atom is -0.481 e. The summed E-state index contributed by atoms with van der Waals surface area (Å²) in [6.07, 6.45) is -0.657. The van der Waals surface area contributed by atoms with Crippen LogP contribution in [-0.4, -0.2) is 22.2 Å². The van der Waals surface area contributed by atoms with E-state index in [1.807, 2.05) is 73.7 Å². The van der Waals surface area contributed by atoms with Crippen LogP contribution in [0.25, 0.3) is 22.2 Å². The van der Waals surface area contributed by atoms with Crippen molar-refractivity contribution in [1.82, 2.24) is 15.5 Å². The molecule has 1 N–H and O–H groups in total. The SMILES string of the molecule is Cc1cccc(-c2noc(CNC(=O)[C@@H](C)Oc3ccc4ccccc4c3)n2)c1. The fourth-order valence-corrected chi connectivity index (χ4v) is 3.03. The maximum atomic E-state index is 12.4. The first-order valence-corrected chi connectivity index (χ1v) is 9.41. The molecule has 0 radical (unpaired) electrons. The van der Waals surface area contributed by atoms with Gasteiger partial charge in [-0.05, 0) is 42.8 Å². The van der Waals surface area contributed by atoms with Crippen molar-refractivity contribution in [1.29, 1.82) is 0 Å². The number of fused-ring (bicyclic) bond motifs is 1. The van der Waals surface area contributed by atoms with E-state index in [1.165, 1.54) is 0 Å². The van der Waals surface area contributed by atoms with E-state index >= 15 is 0 Å². The van der Waals surface area contributed by atoms with Gasteiger partial charge in [0.05, 0.1) is 6.54 Å². The van der Waals surface area contributed by atoms with Gasteiger partial charge < -0.3 is 14.6 Å². The highest BCUT2D eigenvalue weighted by molar-refractivity contribution is 5.84. The number of aromatic nitrogens is 2. The topological polar surface area (TPSA) is 77.2 Å². The Bertz CT molecular complexity index is 1150. The predicted octanol–water partition coefficient (Wildman–Crippen LogP) is 4.28. The molecule has 6 nitrogen and oxygen atoms in total. The number of amides is 1. The van der Waals surface area contributed by atoms with Crippen molar-refractivity contribution in [2.24, 2.45) is 0 Å². The van der Waals surface area contributed by atoms with Crippen LogP contribution in [0.15, 0.2) is 71.3 Å². The number of carbonyl (C=O) groups is 1. The number of hydrogen-bond acceptors (Lipinski definition) is 5. The molecule has 1 amide bonds. The summed E-state index contributed by atoms with van der Waals surface area (Å²) in [6, 6.07) is 21.6. The van der Waals surface area contributed by atoms with E-state index in [1.54, 1.807) is 6.92 Å². The standard InChI is InChI=1S/C23H21N3O3/c1-15-6-5-9-19(12-15)22-25-21(29-26-22)14-24-23(27)16(2)28-20-11-10-17-7-3-4-8-18(17)13-20/h3-13,16H,14H2,1-2H3,(H,24,27)/t16-/m1/s1. The normalized spacial score (nSPS) is 11.9. The van der Waals surface area contributed by atoms with Crippen LogP contribution >= 0.6 is 0 Å². The minimum absolute atomic E-state index is 0.142. The van der Waals surface area contributed by atoms with Crippen molar-refractivity contribution in [3.8, 4) is 17.1 Å². The maximum absolute atomic E-state index is 12.4. The Kier molecular flexibility index (Phi) is 5.24. The zero-order chi connectivity index (χ0) is 20.2. The first-order chi connectivity index (χ1) is 14.1. The van der Waals surface area contributed by atoms with E-state index < -0.39 is 6.10 Å². The molecule has 6 heteroatoms. The third-order valence-electron chi connectivity index (χ3n) is 4.56. The number of ether oxygens (including phenoxy) is 1. The van der Waals surface area contributed by atoms with Crippen molar-refractivity contribution in [3.63, 3.8) is 0 Å². The third kappa shape index (κ3) is 4.43. The summed E-state index contributed by atoms with van der Waals surface area (Å²) in [7, 11) is 0. The summed E-state index contributed by atoms with van der Waals surface area (Å²) in [4.78, 5) is 16.7. The molecule has 4 rings (SSSR count). The van der Waals surface area contributed by atoms with E-state index in [4.69, 9.17) is 9.26 Å². The number of nitrogens with zero attached hydrogens (tertiary/aromatic N) is 2. The average Bonchev–Trinajstić information content (AvgIpc) is 3.21. The van der Waals surface area contributed by atoms with Crippen molar-refractivity contribution in [3.05, 3.63) is 78.2 Å². The lowest BCUT2D eigenvalue weighted by atomic mass is 10.1. The Labute approximate surface area is 168 Å². The van der Waals surface area contributed by atoms with Crippen LogP contribution in [0.3, 0.4) is 0 Å². The Hall–Kier alpha value is -3.67. The van der Waals surface area contributed by atoms with Crippen LogP contribution in [0, 0.1) is 6.92 Å². The summed E-state index contributed by atoms with van der Waals surface area (Å²) >= 11 is 0. The third-order valence-corrected chi connectivity index (χ3v) is 4.56. The van der Waals surface area contributed by atoms with Crippen LogP contribution < -0.4 is 10.1 Å². The number of nitrogens with one attached hydrogen (secondary N) is 1. The van der Waals surface area contributed by atoms with E-state index in [0.717, 1.165) is 21.9 Å². The van der Waals surface area contributed by atoms with Gasteiger partial charge in [-0.25, -0.2) is 0 Å². The van der Waals surface area contributed by atoms with Gasteiger partial charge >= 0.3 is 0 Å². The largest absolute Gasteiger partial charge is 0.481 e. The van der Waals surface area contributed by atoms with Crippen molar-refractivity contribution < 1.29 is 14.1 Å². The second-order valence-corrected chi connectivity index (χ2v) is 6.87. The smallest absolute Gasteiger partial charge is 0.261 e. The molecule has 29 heavy (non-hydrogen) atoms. The zero-order valence-corrected chi connectivity index (χ0v) is 16.3. The molecule has 3 aromatic carbocycles. The first kappa shape index (κ1) is 18.7. The molecule has 0 unspecified atom stereocenters. The number of hydrogen-bond donors (Lipinski definition) is 1. The maximum Gasteiger partial charge on any atom is 0.261 e. The summed E-state index contributed by atoms with van der Waals surface area (Å²) in [6.45, 7) is 3.85. The molecule has 146 valence electrons. The van der Waals surface area contributed by atoms with Crippen LogP contribution in [0.5, 0.6) is 5.75 Å². The van der Waals surface area contributed by atoms with E-state index in [-0.39, 0.29) is 12.5 Å². The van der Waals surface area contributed by atoms with Crippen LogP contribution in [0.4, 0.5) is 0 Å². The van der Waals surface area contributed by atoms with Crippen LogP contribution in [-0.2, 0) is 11.3 Å². The highest BCUT2D eigenvalue weighted by Gasteiger charge is 2.16. The number of carbonyl (C=O) groups excluding carboxylic acids is 1. The van der Waals surface area contributed by atoms with Gasteiger partial charge in [0.2, 0.25) is 11.7 Å². The van der Waals surface area contributed by atoms with E-state index in [9.17, 15) is 4.79 Å². The van der Waals surface area contributed by atoms with Gasteiger partial charge in [-0.2, -0.15) is 4.98 Å². The lowest BCUT2D eigenvalue weighted by molar-refractivity contribution is -0.127. The van der Waals surface area contributed by atoms with Gasteiger partial charge in [0.1, 0.15) is 5.75 Å². The molecule has 1 heterocycles. The fraction of sp³-hybridized carbons (Fsp3) is 0.174. The molecular formula is C23H21N3O3. The summed E-state index contributed by atoms with van der Waals surface area (Å²) in [5.74, 6) is 1.23. The lowest BCUT2D eigenvalue weighted by Gasteiger charge is -2.14. The first-order valence-electron chi connectivity index (χ1n) is 9.41. The predicted molar refractivity (Wildman–Crippen MR) is 110 cm³/mol. The molecular weight excluding hydrogens is 366 g/mol. The molecule has 0 fully saturated rings. The molecule has 1 aromatic heterocycles. The molecule has 0 spiro atoms. The van der Waals surface area contributed by atoms with Gasteiger partial charge in [0, 0.05) is 5.56 Å². The Balaban J connectivity index is 1.35. The number of aryl methyl sites for hydroxylation is 1. The zero-order valence-electron chi connectivity index (χ0n) is 16.3. The van der Waals surface area contributed by atoms with Crippen LogP contribution in [0.1, 0.15) is 18.4 Å². The summed E-state index contributed by atoms with van der Waals surface area (Å²) in [5, 5.41) is 8.94. The second kappa shape index (κ2) is 8.14. The quantitative estimate of drug-likeness (QED) is 0.534.